The topological polar surface area (TPSA) is 194 Å². The first-order chi connectivity index (χ1) is 35.3. The lowest BCUT2D eigenvalue weighted by atomic mass is 9.49. The monoisotopic (exact) mass is 1040 g/mol. The molecule has 1 saturated carbocycles. The normalized spacial score (nSPS) is 21.4. The molecule has 4 amide bonds. The highest BCUT2D eigenvalue weighted by Crippen LogP contribution is 2.55. The number of aryl methyl sites for hydroxylation is 1. The summed E-state index contributed by atoms with van der Waals surface area (Å²) >= 11 is 7.82. The molecular weight excluding hydrogens is 978 g/mol. The number of anilines is 1. The highest BCUT2D eigenvalue weighted by atomic mass is 35.5. The number of nitrogens with one attached hydrogen (secondary N) is 2. The van der Waals surface area contributed by atoms with Crippen LogP contribution in [-0.4, -0.2) is 130 Å². The van der Waals surface area contributed by atoms with Crippen molar-refractivity contribution in [3.8, 4) is 28.0 Å². The van der Waals surface area contributed by atoms with Crippen LogP contribution >= 0.6 is 22.9 Å². The molecule has 3 aromatic carbocycles. The van der Waals surface area contributed by atoms with Crippen LogP contribution in [-0.2, 0) is 22.7 Å². The van der Waals surface area contributed by atoms with Gasteiger partial charge >= 0.3 is 0 Å². The molecule has 5 aromatic rings. The smallest absolute Gasteiger partial charge is 0.255 e. The number of benzene rings is 3. The number of halogens is 1. The third-order valence-electron chi connectivity index (χ3n) is 15.3. The number of rotatable bonds is 16. The van der Waals surface area contributed by atoms with E-state index in [0.717, 1.165) is 59.3 Å². The van der Waals surface area contributed by atoms with Gasteiger partial charge in [-0.3, -0.25) is 24.1 Å². The molecule has 5 heterocycles. The lowest BCUT2D eigenvalue weighted by molar-refractivity contribution is -0.164. The van der Waals surface area contributed by atoms with E-state index in [1.165, 1.54) is 4.90 Å². The Labute approximate surface area is 441 Å². The molecule has 3 fully saturated rings. The Morgan fingerprint density at radius 2 is 1.74 bits per heavy atom. The summed E-state index contributed by atoms with van der Waals surface area (Å²) in [6.07, 6.45) is 0.615. The van der Waals surface area contributed by atoms with Gasteiger partial charge in [0, 0.05) is 99.0 Å². The number of amides is 4. The van der Waals surface area contributed by atoms with Crippen molar-refractivity contribution in [3.63, 3.8) is 0 Å². The predicted octanol–water partition coefficient (Wildman–Crippen LogP) is 7.11. The van der Waals surface area contributed by atoms with E-state index in [4.69, 9.17) is 26.1 Å². The van der Waals surface area contributed by atoms with Crippen molar-refractivity contribution >= 4 is 52.4 Å². The van der Waals surface area contributed by atoms with E-state index in [1.54, 1.807) is 46.7 Å². The molecule has 74 heavy (non-hydrogen) atoms. The van der Waals surface area contributed by atoms with Gasteiger partial charge in [-0.1, -0.05) is 83.5 Å². The molecule has 18 heteroatoms. The number of likely N-dealkylation sites (tertiary alicyclic amines) is 1. The number of hydrogen-bond donors (Lipinski definition) is 3. The van der Waals surface area contributed by atoms with Gasteiger partial charge in [0.05, 0.1) is 38.3 Å². The van der Waals surface area contributed by atoms with Gasteiger partial charge in [0.1, 0.15) is 48.2 Å². The van der Waals surface area contributed by atoms with E-state index in [2.05, 4.69) is 59.2 Å². The van der Waals surface area contributed by atoms with E-state index in [0.29, 0.717) is 52.9 Å². The number of carbonyl (C=O) groups is 4. The number of carbonyl (C=O) groups excluding carboxylic acids is 4. The quantitative estimate of drug-likeness (QED) is 0.0909. The number of pyridine rings is 1. The summed E-state index contributed by atoms with van der Waals surface area (Å²) in [6, 6.07) is 22.2. The lowest BCUT2D eigenvalue weighted by Gasteiger charge is -2.63. The molecule has 2 aromatic heterocycles. The minimum absolute atomic E-state index is 0.000635. The number of fused-ring (bicyclic) bond motifs is 1. The molecule has 3 aliphatic heterocycles. The summed E-state index contributed by atoms with van der Waals surface area (Å²) in [5.74, 6) is 0.611. The fraction of sp³-hybridized carbons (Fsp3) is 0.446. The number of aliphatic hydroxyl groups is 1. The number of aromatic nitrogens is 2. The van der Waals surface area contributed by atoms with Crippen LogP contribution in [0.1, 0.15) is 91.1 Å². The standard InChI is InChI=1S/C56H64ClN9O7S/c1-33(2)47(66-30-39-10-8-9-11-42(39)51(66)70)52(71)65-31-40(67)25-44(65)50(69)60-28-37-13-12-35(48-34(3)61-32-74-48)24-45(37)72-23-22-63-18-20-64(21-19-63)46-17-15-38(29-59-46)49(68)62-53-55(4,5)54(56(53,6)7)73-41-16-14-36(27-58)43(57)26-41/h8-17,24,26,29,32-33,40,44,47,53-54,67H,18-23,25,28,30-31H2,1-7H3,(H,60,69)(H,62,68)/t40-,44+,47?,53?,54?/m1/s1. The van der Waals surface area contributed by atoms with Crippen molar-refractivity contribution in [2.24, 2.45) is 16.7 Å². The second-order valence-electron chi connectivity index (χ2n) is 21.4. The van der Waals surface area contributed by atoms with Crippen molar-refractivity contribution < 1.29 is 33.8 Å². The Morgan fingerprint density at radius 1 is 0.986 bits per heavy atom. The lowest BCUT2D eigenvalue weighted by Crippen LogP contribution is -2.74. The van der Waals surface area contributed by atoms with E-state index in [1.807, 2.05) is 74.8 Å². The number of aliphatic hydroxyl groups excluding tert-OH is 1. The second-order valence-corrected chi connectivity index (χ2v) is 22.6. The first kappa shape index (κ1) is 52.3. The van der Waals surface area contributed by atoms with E-state index >= 15 is 0 Å². The number of β-amino-alcohol motifs (C(OH)–C–C–N with tert-alkyl or cyclic N) is 1. The molecule has 388 valence electrons. The zero-order valence-electron chi connectivity index (χ0n) is 42.9. The van der Waals surface area contributed by atoms with Crippen LogP contribution in [0.5, 0.6) is 11.5 Å². The number of thiazole rings is 1. The van der Waals surface area contributed by atoms with Crippen molar-refractivity contribution in [1.29, 1.82) is 5.26 Å². The molecule has 3 atom stereocenters. The molecule has 16 nitrogen and oxygen atoms in total. The molecule has 0 spiro atoms. The maximum absolute atomic E-state index is 14.3. The van der Waals surface area contributed by atoms with Crippen molar-refractivity contribution in [3.05, 3.63) is 123 Å². The van der Waals surface area contributed by atoms with Gasteiger partial charge in [-0.05, 0) is 60.4 Å². The van der Waals surface area contributed by atoms with Crippen LogP contribution in [0.15, 0.2) is 84.5 Å². The summed E-state index contributed by atoms with van der Waals surface area (Å²) in [5.41, 5.74) is 5.93. The molecule has 0 bridgehead atoms. The molecule has 1 aliphatic carbocycles. The third kappa shape index (κ3) is 10.4. The SMILES string of the molecule is Cc1ncsc1-c1ccc(CNC(=O)[C@@H]2C[C@@H](O)CN2C(=O)C(C(C)C)N2Cc3ccccc3C2=O)c(OCCN2CCN(c3ccc(C(=O)NC4C(C)(C)C(Oc5ccc(C#N)c(Cl)c5)C4(C)C)cn3)CC2)c1. The van der Waals surface area contributed by atoms with Crippen molar-refractivity contribution in [2.45, 2.75) is 98.3 Å². The number of nitriles is 1. The first-order valence-corrected chi connectivity index (χ1v) is 26.5. The summed E-state index contributed by atoms with van der Waals surface area (Å²) in [6.45, 7) is 18.6. The Hall–Kier alpha value is -6.58. The largest absolute Gasteiger partial charge is 0.492 e. The van der Waals surface area contributed by atoms with Gasteiger partial charge < -0.3 is 39.9 Å². The van der Waals surface area contributed by atoms with Gasteiger partial charge in [0.25, 0.3) is 11.8 Å². The molecule has 2 saturated heterocycles. The van der Waals surface area contributed by atoms with Crippen LogP contribution in [0.3, 0.4) is 0 Å². The second kappa shape index (κ2) is 21.3. The van der Waals surface area contributed by atoms with E-state index < -0.39 is 29.0 Å². The zero-order chi connectivity index (χ0) is 52.6. The Kier molecular flexibility index (Phi) is 15.1. The Morgan fingerprint density at radius 3 is 2.41 bits per heavy atom. The maximum atomic E-state index is 14.3. The fourth-order valence-corrected chi connectivity index (χ4v) is 12.6. The van der Waals surface area contributed by atoms with E-state index in [-0.39, 0.29) is 61.2 Å². The summed E-state index contributed by atoms with van der Waals surface area (Å²) in [4.78, 5) is 73.2. The van der Waals surface area contributed by atoms with E-state index in [9.17, 15) is 29.5 Å². The Bertz CT molecular complexity index is 2950. The van der Waals surface area contributed by atoms with Crippen LogP contribution in [0, 0.1) is 35.0 Å². The molecule has 3 N–H and O–H groups in total. The number of ether oxygens (including phenoxy) is 2. The van der Waals surface area contributed by atoms with Crippen molar-refractivity contribution in [2.75, 3.05) is 50.8 Å². The number of piperazine rings is 1. The van der Waals surface area contributed by atoms with Gasteiger partial charge in [-0.15, -0.1) is 11.3 Å². The first-order valence-electron chi connectivity index (χ1n) is 25.3. The van der Waals surface area contributed by atoms with Gasteiger partial charge in [0.2, 0.25) is 11.8 Å². The summed E-state index contributed by atoms with van der Waals surface area (Å²) in [7, 11) is 0. The summed E-state index contributed by atoms with van der Waals surface area (Å²) in [5, 5.41) is 26.7. The number of nitrogens with zero attached hydrogens (tertiary/aromatic N) is 7. The maximum Gasteiger partial charge on any atom is 0.255 e. The average molecular weight is 1040 g/mol. The summed E-state index contributed by atoms with van der Waals surface area (Å²) < 4.78 is 12.9. The molecule has 1 unspecified atom stereocenters. The minimum Gasteiger partial charge on any atom is -0.492 e. The molecular formula is C56H64ClN9O7S. The van der Waals surface area contributed by atoms with Gasteiger partial charge in [-0.2, -0.15) is 5.26 Å². The molecule has 4 aliphatic rings. The average Bonchev–Trinajstić information content (AvgIpc) is 4.12. The molecule has 9 rings (SSSR count). The predicted molar refractivity (Wildman–Crippen MR) is 283 cm³/mol. The highest BCUT2D eigenvalue weighted by Gasteiger charge is 2.64. The number of hydrogen-bond acceptors (Lipinski definition) is 13. The van der Waals surface area contributed by atoms with Gasteiger partial charge in [0.15, 0.2) is 0 Å². The van der Waals surface area contributed by atoms with Crippen LogP contribution in [0.2, 0.25) is 5.02 Å². The van der Waals surface area contributed by atoms with Crippen LogP contribution in [0.25, 0.3) is 10.4 Å². The van der Waals surface area contributed by atoms with Gasteiger partial charge in [-0.25, -0.2) is 9.97 Å². The Balaban J connectivity index is 0.782. The highest BCUT2D eigenvalue weighted by molar-refractivity contribution is 7.13. The minimum atomic E-state index is -0.912. The molecule has 0 radical (unpaired) electrons. The third-order valence-corrected chi connectivity index (χ3v) is 16.6. The fourth-order valence-electron chi connectivity index (χ4n) is 11.6. The van der Waals surface area contributed by atoms with Crippen LogP contribution in [0.4, 0.5) is 5.82 Å². The van der Waals surface area contributed by atoms with Crippen molar-refractivity contribution in [1.82, 2.24) is 35.3 Å². The van der Waals surface area contributed by atoms with Crippen LogP contribution < -0.4 is 25.0 Å². The zero-order valence-corrected chi connectivity index (χ0v) is 44.5.